The largest absolute Gasteiger partial charge is 0.449 e. The van der Waals surface area contributed by atoms with Crippen LogP contribution in [0.25, 0.3) is 11.0 Å². The zero-order valence-corrected chi connectivity index (χ0v) is 18.1. The van der Waals surface area contributed by atoms with Gasteiger partial charge in [0.2, 0.25) is 0 Å². The molecule has 2 aromatic rings. The molecule has 7 nitrogen and oxygen atoms in total. The van der Waals surface area contributed by atoms with Gasteiger partial charge in [-0.1, -0.05) is 26.7 Å². The van der Waals surface area contributed by atoms with E-state index in [1.165, 1.54) is 0 Å². The molecule has 3 heterocycles. The van der Waals surface area contributed by atoms with Gasteiger partial charge < -0.3 is 9.64 Å². The molecule has 0 N–H and O–H groups in total. The molecule has 0 saturated carbocycles. The summed E-state index contributed by atoms with van der Waals surface area (Å²) in [5.74, 6) is -0.469. The Kier molecular flexibility index (Phi) is 6.55. The van der Waals surface area contributed by atoms with Crippen molar-refractivity contribution >= 4 is 22.9 Å². The monoisotopic (exact) mass is 400 g/mol. The summed E-state index contributed by atoms with van der Waals surface area (Å²) in [5, 5.41) is 5.06. The Morgan fingerprint density at radius 3 is 2.28 bits per heavy atom. The van der Waals surface area contributed by atoms with E-state index >= 15 is 0 Å². The number of fused-ring (bicyclic) bond motifs is 1. The Balaban J connectivity index is 1.87. The maximum Gasteiger partial charge on any atom is 0.339 e. The summed E-state index contributed by atoms with van der Waals surface area (Å²) in [6, 6.07) is 1.89. The lowest BCUT2D eigenvalue weighted by molar-refractivity contribution is -0.139. The van der Waals surface area contributed by atoms with Crippen molar-refractivity contribution in [2.75, 3.05) is 13.1 Å². The van der Waals surface area contributed by atoms with Crippen molar-refractivity contribution in [1.29, 1.82) is 0 Å². The zero-order chi connectivity index (χ0) is 21.1. The van der Waals surface area contributed by atoms with E-state index in [1.807, 2.05) is 37.3 Å². The first-order valence-electron chi connectivity index (χ1n) is 10.7. The molecule has 1 atom stereocenters. The predicted octanol–water partition coefficient (Wildman–Crippen LogP) is 4.08. The van der Waals surface area contributed by atoms with E-state index in [0.717, 1.165) is 44.5 Å². The fourth-order valence-corrected chi connectivity index (χ4v) is 3.70. The summed E-state index contributed by atoms with van der Waals surface area (Å²) >= 11 is 0. The van der Waals surface area contributed by atoms with E-state index in [2.05, 4.69) is 5.10 Å². The number of ether oxygens (including phenoxy) is 1. The molecule has 0 aliphatic carbocycles. The van der Waals surface area contributed by atoms with Crippen LogP contribution in [0.2, 0.25) is 0 Å². The van der Waals surface area contributed by atoms with E-state index in [0.29, 0.717) is 16.6 Å². The lowest BCUT2D eigenvalue weighted by Gasteiger charge is -2.24. The molecule has 0 radical (unpaired) electrons. The van der Waals surface area contributed by atoms with Gasteiger partial charge in [0, 0.05) is 24.8 Å². The Bertz CT molecular complexity index is 880. The molecule has 1 fully saturated rings. The summed E-state index contributed by atoms with van der Waals surface area (Å²) in [5.41, 5.74) is 1.89. The van der Waals surface area contributed by atoms with E-state index in [-0.39, 0.29) is 17.9 Å². The number of rotatable bonds is 5. The number of hydrogen-bond donors (Lipinski definition) is 0. The number of likely N-dealkylation sites (tertiary alicyclic amines) is 1. The summed E-state index contributed by atoms with van der Waals surface area (Å²) in [6.45, 7) is 11.2. The first-order chi connectivity index (χ1) is 13.8. The second kappa shape index (κ2) is 8.93. The SMILES string of the molecule is CC(C)c1cc(C(=O)O[C@@H](C)C(=O)N2CCCCCC2)c2cnn(C(C)C)c2n1. The smallest absolute Gasteiger partial charge is 0.339 e. The van der Waals surface area contributed by atoms with Crippen molar-refractivity contribution in [1.82, 2.24) is 19.7 Å². The van der Waals surface area contributed by atoms with Gasteiger partial charge in [-0.2, -0.15) is 5.10 Å². The number of nitrogens with zero attached hydrogens (tertiary/aromatic N) is 4. The van der Waals surface area contributed by atoms with Crippen LogP contribution >= 0.6 is 0 Å². The Morgan fingerprint density at radius 2 is 1.69 bits per heavy atom. The highest BCUT2D eigenvalue weighted by atomic mass is 16.5. The number of carbonyl (C=O) groups excluding carboxylic acids is 2. The quantitative estimate of drug-likeness (QED) is 0.707. The number of aromatic nitrogens is 3. The standard InChI is InChI=1S/C22H32N4O3/c1-14(2)19-12-17(18-13-23-26(15(3)4)20(18)24-19)22(28)29-16(5)21(27)25-10-8-6-7-9-11-25/h12-16H,6-11H2,1-5H3/t16-/m0/s1. The van der Waals surface area contributed by atoms with Crippen molar-refractivity contribution in [2.24, 2.45) is 0 Å². The van der Waals surface area contributed by atoms with Gasteiger partial charge in [-0.25, -0.2) is 14.5 Å². The number of hydrogen-bond acceptors (Lipinski definition) is 5. The first-order valence-corrected chi connectivity index (χ1v) is 10.7. The van der Waals surface area contributed by atoms with Gasteiger partial charge in [-0.05, 0) is 45.6 Å². The third kappa shape index (κ3) is 4.60. The molecule has 1 saturated heterocycles. The average Bonchev–Trinajstić information content (AvgIpc) is 2.92. The minimum Gasteiger partial charge on any atom is -0.449 e. The minimum atomic E-state index is -0.813. The lowest BCUT2D eigenvalue weighted by atomic mass is 10.1. The number of pyridine rings is 1. The normalized spacial score (nSPS) is 16.3. The van der Waals surface area contributed by atoms with Crippen LogP contribution in [0.5, 0.6) is 0 Å². The fourth-order valence-electron chi connectivity index (χ4n) is 3.70. The van der Waals surface area contributed by atoms with Crippen molar-refractivity contribution in [2.45, 2.75) is 78.4 Å². The van der Waals surface area contributed by atoms with E-state index in [1.54, 1.807) is 19.2 Å². The van der Waals surface area contributed by atoms with Crippen LogP contribution in [-0.4, -0.2) is 50.7 Å². The van der Waals surface area contributed by atoms with E-state index in [4.69, 9.17) is 9.72 Å². The van der Waals surface area contributed by atoms with Crippen LogP contribution in [-0.2, 0) is 9.53 Å². The van der Waals surface area contributed by atoms with Crippen LogP contribution in [0.3, 0.4) is 0 Å². The van der Waals surface area contributed by atoms with Crippen molar-refractivity contribution < 1.29 is 14.3 Å². The zero-order valence-electron chi connectivity index (χ0n) is 18.1. The van der Waals surface area contributed by atoms with Crippen molar-refractivity contribution in [3.8, 4) is 0 Å². The number of esters is 1. The molecule has 0 aromatic carbocycles. The molecule has 1 aliphatic heterocycles. The lowest BCUT2D eigenvalue weighted by Crippen LogP contribution is -2.40. The van der Waals surface area contributed by atoms with Gasteiger partial charge in [0.25, 0.3) is 5.91 Å². The van der Waals surface area contributed by atoms with Crippen LogP contribution < -0.4 is 0 Å². The highest BCUT2D eigenvalue weighted by Gasteiger charge is 2.27. The summed E-state index contributed by atoms with van der Waals surface area (Å²) in [6.07, 6.45) is 5.14. The highest BCUT2D eigenvalue weighted by molar-refractivity contribution is 6.03. The van der Waals surface area contributed by atoms with Crippen molar-refractivity contribution in [3.63, 3.8) is 0 Å². The van der Waals surface area contributed by atoms with Crippen LogP contribution in [0.1, 0.15) is 88.3 Å². The van der Waals surface area contributed by atoms with Crippen molar-refractivity contribution in [3.05, 3.63) is 23.5 Å². The maximum atomic E-state index is 13.0. The second-order valence-corrected chi connectivity index (χ2v) is 8.46. The maximum absolute atomic E-state index is 13.0. The molecule has 29 heavy (non-hydrogen) atoms. The second-order valence-electron chi connectivity index (χ2n) is 8.46. The summed E-state index contributed by atoms with van der Waals surface area (Å²) in [4.78, 5) is 32.3. The summed E-state index contributed by atoms with van der Waals surface area (Å²) < 4.78 is 7.42. The van der Waals surface area contributed by atoms with Crippen LogP contribution in [0.15, 0.2) is 12.3 Å². The highest BCUT2D eigenvalue weighted by Crippen LogP contribution is 2.25. The molecule has 0 bridgehead atoms. The molecular formula is C22H32N4O3. The molecular weight excluding hydrogens is 368 g/mol. The molecule has 1 amide bonds. The molecule has 2 aromatic heterocycles. The molecule has 158 valence electrons. The molecule has 7 heteroatoms. The number of carbonyl (C=O) groups is 2. The molecule has 3 rings (SSSR count). The average molecular weight is 401 g/mol. The Hall–Kier alpha value is -2.44. The topological polar surface area (TPSA) is 77.3 Å². The predicted molar refractivity (Wildman–Crippen MR) is 112 cm³/mol. The number of amides is 1. The molecule has 0 unspecified atom stereocenters. The summed E-state index contributed by atoms with van der Waals surface area (Å²) in [7, 11) is 0. The van der Waals surface area contributed by atoms with Gasteiger partial charge in [-0.3, -0.25) is 4.79 Å². The van der Waals surface area contributed by atoms with Crippen LogP contribution in [0, 0.1) is 0 Å². The third-order valence-electron chi connectivity index (χ3n) is 5.44. The van der Waals surface area contributed by atoms with Gasteiger partial charge in [0.15, 0.2) is 11.8 Å². The third-order valence-corrected chi connectivity index (χ3v) is 5.44. The molecule has 1 aliphatic rings. The first kappa shape index (κ1) is 21.3. The Morgan fingerprint density at radius 1 is 1.03 bits per heavy atom. The van der Waals surface area contributed by atoms with Crippen LogP contribution in [0.4, 0.5) is 0 Å². The Labute approximate surface area is 172 Å². The van der Waals surface area contributed by atoms with Gasteiger partial charge in [0.05, 0.1) is 17.1 Å². The van der Waals surface area contributed by atoms with Gasteiger partial charge >= 0.3 is 5.97 Å². The minimum absolute atomic E-state index is 0.118. The van der Waals surface area contributed by atoms with Gasteiger partial charge in [0.1, 0.15) is 0 Å². The molecule has 0 spiro atoms. The van der Waals surface area contributed by atoms with E-state index in [9.17, 15) is 9.59 Å². The fraction of sp³-hybridized carbons (Fsp3) is 0.636. The van der Waals surface area contributed by atoms with Gasteiger partial charge in [-0.15, -0.1) is 0 Å². The van der Waals surface area contributed by atoms with E-state index < -0.39 is 12.1 Å².